The van der Waals surface area contributed by atoms with Gasteiger partial charge in [-0.15, -0.1) is 0 Å². The molecule has 0 aromatic carbocycles. The minimum Gasteiger partial charge on any atom is -0.462 e. The lowest BCUT2D eigenvalue weighted by Gasteiger charge is -2.18. The zero-order valence-corrected chi connectivity index (χ0v) is 42.7. The van der Waals surface area contributed by atoms with Gasteiger partial charge in [-0.25, -0.2) is 0 Å². The molecular weight excluding hydrogens is 769 g/mol. The van der Waals surface area contributed by atoms with Crippen LogP contribution in [0.1, 0.15) is 305 Å². The molecule has 0 bridgehead atoms. The lowest BCUT2D eigenvalue weighted by Crippen LogP contribution is -2.30. The molecule has 0 spiro atoms. The summed E-state index contributed by atoms with van der Waals surface area (Å²) >= 11 is 0. The predicted molar refractivity (Wildman–Crippen MR) is 266 cm³/mol. The van der Waals surface area contributed by atoms with Gasteiger partial charge in [0, 0.05) is 19.3 Å². The third-order valence-electron chi connectivity index (χ3n) is 12.6. The van der Waals surface area contributed by atoms with Crippen molar-refractivity contribution in [2.75, 3.05) is 13.2 Å². The summed E-state index contributed by atoms with van der Waals surface area (Å²) in [7, 11) is 0. The number of carbonyl (C=O) groups excluding carboxylic acids is 3. The molecule has 0 amide bonds. The summed E-state index contributed by atoms with van der Waals surface area (Å²) in [6.07, 6.45) is 48.3. The van der Waals surface area contributed by atoms with Crippen molar-refractivity contribution < 1.29 is 28.6 Å². The van der Waals surface area contributed by atoms with Crippen molar-refractivity contribution in [3.05, 3.63) is 0 Å². The monoisotopic (exact) mass is 877 g/mol. The molecule has 0 aromatic rings. The van der Waals surface area contributed by atoms with Crippen molar-refractivity contribution in [3.63, 3.8) is 0 Å². The van der Waals surface area contributed by atoms with Gasteiger partial charge in [-0.1, -0.05) is 266 Å². The van der Waals surface area contributed by atoms with Gasteiger partial charge in [0.2, 0.25) is 0 Å². The molecule has 0 saturated heterocycles. The smallest absolute Gasteiger partial charge is 0.306 e. The quantitative estimate of drug-likeness (QED) is 0.0344. The van der Waals surface area contributed by atoms with Gasteiger partial charge in [-0.05, 0) is 37.0 Å². The van der Waals surface area contributed by atoms with Gasteiger partial charge in [-0.2, -0.15) is 0 Å². The number of hydrogen-bond acceptors (Lipinski definition) is 6. The van der Waals surface area contributed by atoms with Gasteiger partial charge in [0.15, 0.2) is 6.10 Å². The number of rotatable bonds is 49. The molecule has 0 saturated carbocycles. The highest BCUT2D eigenvalue weighted by molar-refractivity contribution is 5.71. The zero-order chi connectivity index (χ0) is 45.6. The maximum Gasteiger partial charge on any atom is 0.306 e. The largest absolute Gasteiger partial charge is 0.462 e. The molecule has 0 aliphatic carbocycles. The van der Waals surface area contributed by atoms with Crippen molar-refractivity contribution in [3.8, 4) is 0 Å². The van der Waals surface area contributed by atoms with E-state index >= 15 is 0 Å². The van der Waals surface area contributed by atoms with E-state index in [0.717, 1.165) is 75.5 Å². The Kier molecular flexibility index (Phi) is 46.2. The number of unbranched alkanes of at least 4 members (excludes halogenated alkanes) is 32. The third-order valence-corrected chi connectivity index (χ3v) is 12.6. The Morgan fingerprint density at radius 3 is 0.694 bits per heavy atom. The summed E-state index contributed by atoms with van der Waals surface area (Å²) in [5, 5.41) is 0. The lowest BCUT2D eigenvalue weighted by atomic mass is 10.0. The number of ether oxygens (including phenoxy) is 3. The van der Waals surface area contributed by atoms with E-state index in [0.29, 0.717) is 19.3 Å². The highest BCUT2D eigenvalue weighted by Gasteiger charge is 2.19. The van der Waals surface area contributed by atoms with Crippen molar-refractivity contribution in [2.45, 2.75) is 311 Å². The second kappa shape index (κ2) is 47.4. The minimum atomic E-state index is -0.763. The average Bonchev–Trinajstić information content (AvgIpc) is 3.23. The minimum absolute atomic E-state index is 0.0650. The number of esters is 3. The summed E-state index contributed by atoms with van der Waals surface area (Å²) < 4.78 is 16.8. The summed E-state index contributed by atoms with van der Waals surface area (Å²) in [4.78, 5) is 38.0. The first-order chi connectivity index (χ1) is 30.1. The molecule has 0 heterocycles. The highest BCUT2D eigenvalue weighted by Crippen LogP contribution is 2.18. The summed E-state index contributed by atoms with van der Waals surface area (Å²) in [5.74, 6) is 1.60. The van der Waals surface area contributed by atoms with Crippen LogP contribution in [-0.2, 0) is 28.6 Å². The molecule has 0 rings (SSSR count). The zero-order valence-electron chi connectivity index (χ0n) is 42.7. The Hall–Kier alpha value is -1.59. The van der Waals surface area contributed by atoms with E-state index in [1.807, 2.05) is 0 Å². The molecule has 0 unspecified atom stereocenters. The molecule has 6 heteroatoms. The Labute approximate surface area is 387 Å². The summed E-state index contributed by atoms with van der Waals surface area (Å²) in [5.41, 5.74) is 0. The van der Waals surface area contributed by atoms with Gasteiger partial charge in [-0.3, -0.25) is 14.4 Å². The number of carbonyl (C=O) groups is 3. The molecule has 1 atom stereocenters. The van der Waals surface area contributed by atoms with Crippen LogP contribution in [0.25, 0.3) is 0 Å². The van der Waals surface area contributed by atoms with E-state index in [1.54, 1.807) is 0 Å². The Balaban J connectivity index is 4.20. The van der Waals surface area contributed by atoms with Crippen molar-refractivity contribution in [1.29, 1.82) is 0 Å². The van der Waals surface area contributed by atoms with Crippen LogP contribution in [0, 0.1) is 17.8 Å². The molecular formula is C56H108O6. The van der Waals surface area contributed by atoms with Crippen LogP contribution in [0.3, 0.4) is 0 Å². The van der Waals surface area contributed by atoms with Gasteiger partial charge >= 0.3 is 17.9 Å². The molecule has 0 fully saturated rings. The first-order valence-electron chi connectivity index (χ1n) is 27.6. The van der Waals surface area contributed by atoms with Crippen LogP contribution in [0.5, 0.6) is 0 Å². The van der Waals surface area contributed by atoms with Crippen LogP contribution in [-0.4, -0.2) is 37.2 Å². The first kappa shape index (κ1) is 60.4. The molecule has 368 valence electrons. The molecule has 0 aromatic heterocycles. The second-order valence-corrected chi connectivity index (χ2v) is 20.6. The van der Waals surface area contributed by atoms with Crippen LogP contribution in [0.15, 0.2) is 0 Å². The summed E-state index contributed by atoms with van der Waals surface area (Å²) in [6, 6.07) is 0. The fourth-order valence-electron chi connectivity index (χ4n) is 8.47. The maximum atomic E-state index is 12.7. The van der Waals surface area contributed by atoms with Gasteiger partial charge in [0.1, 0.15) is 13.2 Å². The Morgan fingerprint density at radius 2 is 0.468 bits per heavy atom. The van der Waals surface area contributed by atoms with Gasteiger partial charge < -0.3 is 14.2 Å². The normalized spacial score (nSPS) is 12.1. The Bertz CT molecular complexity index is 960. The van der Waals surface area contributed by atoms with Crippen LogP contribution >= 0.6 is 0 Å². The molecule has 0 aliphatic rings. The predicted octanol–water partition coefficient (Wildman–Crippen LogP) is 17.9. The molecule has 0 radical (unpaired) electrons. The molecule has 0 aliphatic heterocycles. The standard InChI is InChI=1S/C56H108O6/c1-50(2)42-36-30-24-20-16-12-9-7-8-10-14-18-22-26-33-39-45-54(57)60-48-53(62-56(59)47-41-35-29-28-32-38-44-52(5)6)49-61-55(58)46-40-34-27-23-19-15-11-13-17-21-25-31-37-43-51(3)4/h50-53H,7-49H2,1-6H3/t53-/m1/s1. The highest BCUT2D eigenvalue weighted by atomic mass is 16.6. The fraction of sp³-hybridized carbons (Fsp3) is 0.946. The third kappa shape index (κ3) is 49.4. The average molecular weight is 877 g/mol. The van der Waals surface area contributed by atoms with Gasteiger partial charge in [0.05, 0.1) is 0 Å². The van der Waals surface area contributed by atoms with E-state index < -0.39 is 6.10 Å². The lowest BCUT2D eigenvalue weighted by molar-refractivity contribution is -0.167. The second-order valence-electron chi connectivity index (χ2n) is 20.6. The van der Waals surface area contributed by atoms with E-state index in [4.69, 9.17) is 14.2 Å². The maximum absolute atomic E-state index is 12.7. The van der Waals surface area contributed by atoms with E-state index in [-0.39, 0.29) is 31.1 Å². The van der Waals surface area contributed by atoms with Crippen LogP contribution < -0.4 is 0 Å². The topological polar surface area (TPSA) is 78.9 Å². The Morgan fingerprint density at radius 1 is 0.274 bits per heavy atom. The first-order valence-corrected chi connectivity index (χ1v) is 27.6. The fourth-order valence-corrected chi connectivity index (χ4v) is 8.47. The SMILES string of the molecule is CC(C)CCCCCCCCCCCCCCCCCCC(=O)OC[C@H](COC(=O)CCCCCCCCCCCCCCCC(C)C)OC(=O)CCCCCCCCC(C)C. The molecule has 6 nitrogen and oxygen atoms in total. The van der Waals surface area contributed by atoms with Crippen molar-refractivity contribution in [1.82, 2.24) is 0 Å². The van der Waals surface area contributed by atoms with Crippen molar-refractivity contribution in [2.24, 2.45) is 17.8 Å². The van der Waals surface area contributed by atoms with E-state index in [1.165, 1.54) is 186 Å². The molecule has 0 N–H and O–H groups in total. The van der Waals surface area contributed by atoms with Gasteiger partial charge in [0.25, 0.3) is 0 Å². The van der Waals surface area contributed by atoms with E-state index in [2.05, 4.69) is 41.5 Å². The van der Waals surface area contributed by atoms with Crippen LogP contribution in [0.2, 0.25) is 0 Å². The molecule has 62 heavy (non-hydrogen) atoms. The van der Waals surface area contributed by atoms with E-state index in [9.17, 15) is 14.4 Å². The van der Waals surface area contributed by atoms with Crippen molar-refractivity contribution >= 4 is 17.9 Å². The van der Waals surface area contributed by atoms with Crippen LogP contribution in [0.4, 0.5) is 0 Å². The number of hydrogen-bond donors (Lipinski definition) is 0. The summed E-state index contributed by atoms with van der Waals surface area (Å²) in [6.45, 7) is 13.7.